The van der Waals surface area contributed by atoms with E-state index in [0.717, 1.165) is 17.6 Å². The summed E-state index contributed by atoms with van der Waals surface area (Å²) in [6.45, 7) is 4.98. The van der Waals surface area contributed by atoms with E-state index in [0.29, 0.717) is 24.3 Å². The molecule has 0 spiro atoms. The number of anilines is 2. The normalized spacial score (nSPS) is 14.1. The highest BCUT2D eigenvalue weighted by molar-refractivity contribution is 9.10. The Morgan fingerprint density at radius 2 is 1.92 bits per heavy atom. The van der Waals surface area contributed by atoms with Gasteiger partial charge in [0.25, 0.3) is 0 Å². The molecular formula is C19H19BrN4O. The summed E-state index contributed by atoms with van der Waals surface area (Å²) in [4.78, 5) is 16.5. The molecule has 5 nitrogen and oxygen atoms in total. The zero-order valence-corrected chi connectivity index (χ0v) is 15.6. The average molecular weight is 399 g/mol. The van der Waals surface area contributed by atoms with Gasteiger partial charge in [-0.05, 0) is 42.8 Å². The molecule has 3 rings (SSSR count). The summed E-state index contributed by atoms with van der Waals surface area (Å²) in [5.41, 5.74) is 3.56. The zero-order chi connectivity index (χ0) is 17.8. The van der Waals surface area contributed by atoms with Crippen molar-refractivity contribution in [3.63, 3.8) is 0 Å². The highest BCUT2D eigenvalue weighted by Crippen LogP contribution is 2.24. The first-order valence-corrected chi connectivity index (χ1v) is 8.93. The fraction of sp³-hybridized carbons (Fsp3) is 0.263. The van der Waals surface area contributed by atoms with E-state index in [1.807, 2.05) is 0 Å². The quantitative estimate of drug-likeness (QED) is 0.831. The second-order valence-electron chi connectivity index (χ2n) is 6.03. The predicted molar refractivity (Wildman–Crippen MR) is 103 cm³/mol. The monoisotopic (exact) mass is 398 g/mol. The van der Waals surface area contributed by atoms with Crippen LogP contribution in [0.4, 0.5) is 16.2 Å². The number of amides is 2. The fourth-order valence-electron chi connectivity index (χ4n) is 2.82. The highest BCUT2D eigenvalue weighted by Gasteiger charge is 2.21. The Labute approximate surface area is 156 Å². The highest BCUT2D eigenvalue weighted by atomic mass is 79.9. The molecule has 6 heteroatoms. The van der Waals surface area contributed by atoms with Gasteiger partial charge in [0.2, 0.25) is 0 Å². The van der Waals surface area contributed by atoms with Crippen molar-refractivity contribution >= 4 is 33.3 Å². The molecular weight excluding hydrogens is 380 g/mol. The molecule has 1 N–H and O–H groups in total. The first kappa shape index (κ1) is 17.3. The number of piperazine rings is 1. The molecule has 0 atom stereocenters. The van der Waals surface area contributed by atoms with Gasteiger partial charge in [-0.15, -0.1) is 0 Å². The lowest BCUT2D eigenvalue weighted by Gasteiger charge is -2.36. The summed E-state index contributed by atoms with van der Waals surface area (Å²) in [6, 6.07) is 15.2. The van der Waals surface area contributed by atoms with Gasteiger partial charge in [0, 0.05) is 42.0 Å². The van der Waals surface area contributed by atoms with Crippen molar-refractivity contribution in [2.24, 2.45) is 0 Å². The molecule has 0 bridgehead atoms. The van der Waals surface area contributed by atoms with Crippen LogP contribution in [-0.4, -0.2) is 37.1 Å². The van der Waals surface area contributed by atoms with Crippen LogP contribution >= 0.6 is 15.9 Å². The molecule has 2 aromatic rings. The van der Waals surface area contributed by atoms with Gasteiger partial charge >= 0.3 is 6.03 Å². The van der Waals surface area contributed by atoms with E-state index in [2.05, 4.69) is 57.3 Å². The number of urea groups is 1. The number of hydrogen-bond acceptors (Lipinski definition) is 3. The lowest BCUT2D eigenvalue weighted by atomic mass is 10.2. The summed E-state index contributed by atoms with van der Waals surface area (Å²) < 4.78 is 1.10. The number of carbonyl (C=O) groups excluding carboxylic acids is 1. The van der Waals surface area contributed by atoms with E-state index < -0.39 is 0 Å². The minimum atomic E-state index is -0.125. The molecule has 1 saturated heterocycles. The number of rotatable bonds is 2. The minimum Gasteiger partial charge on any atom is -0.368 e. The second kappa shape index (κ2) is 7.58. The van der Waals surface area contributed by atoms with E-state index >= 15 is 0 Å². The van der Waals surface area contributed by atoms with Crippen LogP contribution in [0.25, 0.3) is 0 Å². The molecule has 25 heavy (non-hydrogen) atoms. The summed E-state index contributed by atoms with van der Waals surface area (Å²) in [5.74, 6) is 0. The van der Waals surface area contributed by atoms with Gasteiger partial charge in [0.15, 0.2) is 0 Å². The maximum atomic E-state index is 12.4. The minimum absolute atomic E-state index is 0.125. The third-order valence-electron chi connectivity index (χ3n) is 4.33. The van der Waals surface area contributed by atoms with Crippen molar-refractivity contribution in [2.75, 3.05) is 36.4 Å². The molecule has 0 unspecified atom stereocenters. The Bertz CT molecular complexity index is 822. The van der Waals surface area contributed by atoms with E-state index in [4.69, 9.17) is 5.26 Å². The van der Waals surface area contributed by atoms with Crippen LogP contribution in [0.5, 0.6) is 0 Å². The first-order valence-electron chi connectivity index (χ1n) is 8.14. The van der Waals surface area contributed by atoms with Crippen molar-refractivity contribution in [3.8, 4) is 6.07 Å². The van der Waals surface area contributed by atoms with Gasteiger partial charge in [0.05, 0.1) is 11.6 Å². The van der Waals surface area contributed by atoms with Crippen molar-refractivity contribution in [1.82, 2.24) is 4.90 Å². The Kier molecular flexibility index (Phi) is 5.25. The van der Waals surface area contributed by atoms with E-state index in [-0.39, 0.29) is 6.03 Å². The molecule has 1 heterocycles. The number of hydrogen-bond donors (Lipinski definition) is 1. The number of nitriles is 1. The molecule has 1 aliphatic rings. The van der Waals surface area contributed by atoms with Gasteiger partial charge in [0.1, 0.15) is 0 Å². The number of benzene rings is 2. The van der Waals surface area contributed by atoms with Gasteiger partial charge in [-0.1, -0.05) is 28.1 Å². The van der Waals surface area contributed by atoms with Crippen LogP contribution in [0, 0.1) is 18.3 Å². The summed E-state index contributed by atoms with van der Waals surface area (Å²) >= 11 is 3.57. The van der Waals surface area contributed by atoms with Crippen LogP contribution in [0.1, 0.15) is 11.1 Å². The van der Waals surface area contributed by atoms with Crippen molar-refractivity contribution in [1.29, 1.82) is 5.26 Å². The maximum absolute atomic E-state index is 12.4. The lowest BCUT2D eigenvalue weighted by Crippen LogP contribution is -2.50. The third-order valence-corrected chi connectivity index (χ3v) is 5.18. The van der Waals surface area contributed by atoms with E-state index in [1.54, 1.807) is 29.2 Å². The van der Waals surface area contributed by atoms with Gasteiger partial charge < -0.3 is 15.1 Å². The van der Waals surface area contributed by atoms with Crippen LogP contribution in [0.2, 0.25) is 0 Å². The number of nitrogens with zero attached hydrogens (tertiary/aromatic N) is 3. The zero-order valence-electron chi connectivity index (χ0n) is 14.0. The molecule has 1 aliphatic heterocycles. The second-order valence-corrected chi connectivity index (χ2v) is 6.88. The Morgan fingerprint density at radius 3 is 2.60 bits per heavy atom. The Hall–Kier alpha value is -2.52. The first-order chi connectivity index (χ1) is 12.1. The van der Waals surface area contributed by atoms with Crippen LogP contribution in [0.3, 0.4) is 0 Å². The van der Waals surface area contributed by atoms with Crippen molar-refractivity contribution < 1.29 is 4.79 Å². The largest absolute Gasteiger partial charge is 0.368 e. The standard InChI is InChI=1S/C19H19BrN4O/c1-14-5-6-17(12-18(14)20)23-7-9-24(10-8-23)19(25)22-16-4-2-3-15(11-16)13-21/h2-6,11-12H,7-10H2,1H3,(H,22,25). The smallest absolute Gasteiger partial charge is 0.321 e. The molecule has 0 aliphatic carbocycles. The number of aryl methyl sites for hydroxylation is 1. The summed E-state index contributed by atoms with van der Waals surface area (Å²) in [5, 5.41) is 11.8. The molecule has 0 radical (unpaired) electrons. The molecule has 1 fully saturated rings. The van der Waals surface area contributed by atoms with Gasteiger partial charge in [-0.3, -0.25) is 0 Å². The van der Waals surface area contributed by atoms with Crippen molar-refractivity contribution in [2.45, 2.75) is 6.92 Å². The lowest BCUT2D eigenvalue weighted by molar-refractivity contribution is 0.208. The number of nitrogens with one attached hydrogen (secondary N) is 1. The molecule has 2 aromatic carbocycles. The van der Waals surface area contributed by atoms with E-state index in [9.17, 15) is 4.79 Å². The summed E-state index contributed by atoms with van der Waals surface area (Å²) in [7, 11) is 0. The molecule has 128 valence electrons. The Balaban J connectivity index is 1.58. The fourth-order valence-corrected chi connectivity index (χ4v) is 3.18. The topological polar surface area (TPSA) is 59.4 Å². The third kappa shape index (κ3) is 4.12. The number of halogens is 1. The molecule has 0 aromatic heterocycles. The summed E-state index contributed by atoms with van der Waals surface area (Å²) in [6.07, 6.45) is 0. The van der Waals surface area contributed by atoms with Crippen LogP contribution in [-0.2, 0) is 0 Å². The van der Waals surface area contributed by atoms with E-state index in [1.165, 1.54) is 11.3 Å². The average Bonchev–Trinajstić information content (AvgIpc) is 2.64. The van der Waals surface area contributed by atoms with Crippen molar-refractivity contribution in [3.05, 3.63) is 58.1 Å². The molecule has 2 amide bonds. The van der Waals surface area contributed by atoms with Crippen LogP contribution < -0.4 is 10.2 Å². The maximum Gasteiger partial charge on any atom is 0.321 e. The van der Waals surface area contributed by atoms with Gasteiger partial charge in [-0.25, -0.2) is 4.79 Å². The predicted octanol–water partition coefficient (Wildman–Crippen LogP) is 3.98. The van der Waals surface area contributed by atoms with Gasteiger partial charge in [-0.2, -0.15) is 5.26 Å². The number of carbonyl (C=O) groups is 1. The molecule has 0 saturated carbocycles. The Morgan fingerprint density at radius 1 is 1.16 bits per heavy atom. The van der Waals surface area contributed by atoms with Crippen LogP contribution in [0.15, 0.2) is 46.9 Å². The SMILES string of the molecule is Cc1ccc(N2CCN(C(=O)Nc3cccc(C#N)c3)CC2)cc1Br.